The SMILES string of the molecule is CO[C@@H]1COCC[C@@H]1N[C@@H]1CC[C@@](C(=O)N2CCN(c3cc(C(F)(F)F)cc(CCCCNC(C)C)n3)CC2)(C(C)C)C1. The molecule has 1 amide bonds. The zero-order valence-electron chi connectivity index (χ0n) is 26.6. The number of carbonyl (C=O) groups is 1. The Labute approximate surface area is 255 Å². The van der Waals surface area contributed by atoms with Crippen LogP contribution in [0.5, 0.6) is 0 Å². The predicted molar refractivity (Wildman–Crippen MR) is 162 cm³/mol. The number of halogens is 3. The molecular weight excluding hydrogens is 559 g/mol. The molecule has 0 bridgehead atoms. The second-order valence-corrected chi connectivity index (χ2v) is 13.2. The summed E-state index contributed by atoms with van der Waals surface area (Å²) in [6.07, 6.45) is 1.15. The maximum Gasteiger partial charge on any atom is 0.416 e. The van der Waals surface area contributed by atoms with Gasteiger partial charge in [-0.25, -0.2) is 4.98 Å². The number of alkyl halides is 3. The number of aryl methyl sites for hydroxylation is 1. The van der Waals surface area contributed by atoms with Crippen LogP contribution in [0.2, 0.25) is 0 Å². The first-order valence-corrected chi connectivity index (χ1v) is 16.2. The van der Waals surface area contributed by atoms with Crippen molar-refractivity contribution >= 4 is 11.7 Å². The van der Waals surface area contributed by atoms with Crippen LogP contribution in [0.3, 0.4) is 0 Å². The Morgan fingerprint density at radius 1 is 1.14 bits per heavy atom. The number of amides is 1. The molecule has 3 heterocycles. The van der Waals surface area contributed by atoms with Crippen LogP contribution in [0.25, 0.3) is 0 Å². The van der Waals surface area contributed by atoms with E-state index in [2.05, 4.69) is 43.3 Å². The Balaban J connectivity index is 1.38. The van der Waals surface area contributed by atoms with Crippen LogP contribution in [0.1, 0.15) is 77.5 Å². The summed E-state index contributed by atoms with van der Waals surface area (Å²) < 4.78 is 52.6. The quantitative estimate of drug-likeness (QED) is 0.333. The highest BCUT2D eigenvalue weighted by Gasteiger charge is 2.50. The monoisotopic (exact) mass is 611 g/mol. The van der Waals surface area contributed by atoms with E-state index in [1.165, 1.54) is 6.07 Å². The van der Waals surface area contributed by atoms with Crippen LogP contribution in [0.4, 0.5) is 19.0 Å². The highest BCUT2D eigenvalue weighted by molar-refractivity contribution is 5.84. The van der Waals surface area contributed by atoms with Crippen molar-refractivity contribution in [2.75, 3.05) is 57.9 Å². The molecule has 1 saturated carbocycles. The van der Waals surface area contributed by atoms with E-state index in [1.54, 1.807) is 7.11 Å². The van der Waals surface area contributed by atoms with E-state index in [9.17, 15) is 18.0 Å². The van der Waals surface area contributed by atoms with Crippen LogP contribution in [0, 0.1) is 11.3 Å². The number of nitrogens with zero attached hydrogens (tertiary/aromatic N) is 3. The van der Waals surface area contributed by atoms with Crippen molar-refractivity contribution in [1.82, 2.24) is 20.5 Å². The summed E-state index contributed by atoms with van der Waals surface area (Å²) >= 11 is 0. The highest BCUT2D eigenvalue weighted by Crippen LogP contribution is 2.46. The molecule has 0 spiro atoms. The number of carbonyl (C=O) groups excluding carboxylic acids is 1. The fraction of sp³-hybridized carbons (Fsp3) is 0.812. The molecule has 2 saturated heterocycles. The van der Waals surface area contributed by atoms with Crippen molar-refractivity contribution in [3.05, 3.63) is 23.4 Å². The topological polar surface area (TPSA) is 79.0 Å². The van der Waals surface area contributed by atoms with E-state index in [1.807, 2.05) is 9.80 Å². The molecule has 8 nitrogen and oxygen atoms in total. The third-order valence-electron chi connectivity index (χ3n) is 9.63. The smallest absolute Gasteiger partial charge is 0.379 e. The van der Waals surface area contributed by atoms with Crippen LogP contribution < -0.4 is 15.5 Å². The van der Waals surface area contributed by atoms with Crippen molar-refractivity contribution in [1.29, 1.82) is 0 Å². The highest BCUT2D eigenvalue weighted by atomic mass is 19.4. The van der Waals surface area contributed by atoms with Crippen LogP contribution >= 0.6 is 0 Å². The van der Waals surface area contributed by atoms with E-state index in [0.29, 0.717) is 63.4 Å². The van der Waals surface area contributed by atoms with E-state index in [-0.39, 0.29) is 30.0 Å². The molecule has 2 aliphatic heterocycles. The summed E-state index contributed by atoms with van der Waals surface area (Å²) in [6.45, 7) is 12.4. The average molecular weight is 612 g/mol. The van der Waals surface area contributed by atoms with Gasteiger partial charge in [0.15, 0.2) is 0 Å². The van der Waals surface area contributed by atoms with E-state index in [4.69, 9.17) is 9.47 Å². The van der Waals surface area contributed by atoms with Gasteiger partial charge in [-0.2, -0.15) is 13.2 Å². The minimum atomic E-state index is -4.44. The molecule has 43 heavy (non-hydrogen) atoms. The number of methoxy groups -OCH3 is 1. The lowest BCUT2D eigenvalue weighted by Gasteiger charge is -2.42. The van der Waals surface area contributed by atoms with E-state index in [0.717, 1.165) is 51.1 Å². The first kappa shape index (κ1) is 33.9. The summed E-state index contributed by atoms with van der Waals surface area (Å²) in [6, 6.07) is 3.18. The van der Waals surface area contributed by atoms with Gasteiger partial charge in [0.2, 0.25) is 5.91 Å². The van der Waals surface area contributed by atoms with Gasteiger partial charge in [0.05, 0.1) is 23.7 Å². The van der Waals surface area contributed by atoms with Crippen molar-refractivity contribution in [3.8, 4) is 0 Å². The number of anilines is 1. The fourth-order valence-corrected chi connectivity index (χ4v) is 6.92. The number of aromatic nitrogens is 1. The van der Waals surface area contributed by atoms with Gasteiger partial charge in [0, 0.05) is 63.7 Å². The standard InChI is InChI=1S/C32H52F3N5O3/c1-22(2)31(11-9-26(20-31)37-27-10-17-43-21-28(27)42-5)30(41)40-15-13-39(14-16-40)29-19-24(32(33,34)35)18-25(38-29)8-6-7-12-36-23(3)4/h18-19,22-23,26-28,36-37H,6-17,20-21H2,1-5H3/t26-,27+,28-,31+/m1/s1. The Hall–Kier alpha value is -1.95. The summed E-state index contributed by atoms with van der Waals surface area (Å²) in [5.74, 6) is 0.709. The molecule has 1 aromatic heterocycles. The lowest BCUT2D eigenvalue weighted by Crippen LogP contribution is -2.55. The zero-order chi connectivity index (χ0) is 31.2. The summed E-state index contributed by atoms with van der Waals surface area (Å²) in [5, 5.41) is 7.12. The number of rotatable bonds is 12. The molecule has 4 atom stereocenters. The van der Waals surface area contributed by atoms with Crippen molar-refractivity contribution in [3.63, 3.8) is 0 Å². The molecule has 4 rings (SSSR count). The molecule has 0 radical (unpaired) electrons. The number of hydrogen-bond acceptors (Lipinski definition) is 7. The molecule has 2 N–H and O–H groups in total. The molecule has 1 aliphatic carbocycles. The van der Waals surface area contributed by atoms with E-state index < -0.39 is 17.2 Å². The van der Waals surface area contributed by atoms with Crippen LogP contribution in [-0.4, -0.2) is 93.1 Å². The van der Waals surface area contributed by atoms with Gasteiger partial charge in [-0.1, -0.05) is 27.7 Å². The van der Waals surface area contributed by atoms with Crippen molar-refractivity contribution in [2.45, 2.75) is 103 Å². The van der Waals surface area contributed by atoms with E-state index >= 15 is 0 Å². The molecule has 0 aromatic carbocycles. The second kappa shape index (κ2) is 14.9. The van der Waals surface area contributed by atoms with Gasteiger partial charge in [0.25, 0.3) is 0 Å². The van der Waals surface area contributed by atoms with Gasteiger partial charge >= 0.3 is 6.18 Å². The number of nitrogens with one attached hydrogen (secondary N) is 2. The molecule has 3 fully saturated rings. The molecule has 244 valence electrons. The first-order valence-electron chi connectivity index (χ1n) is 16.2. The molecule has 0 unspecified atom stereocenters. The van der Waals surface area contributed by atoms with Crippen molar-refractivity contribution < 1.29 is 27.4 Å². The molecule has 1 aromatic rings. The van der Waals surface area contributed by atoms with Crippen LogP contribution in [-0.2, 0) is 26.9 Å². The molecule has 11 heteroatoms. The average Bonchev–Trinajstić information content (AvgIpc) is 3.41. The zero-order valence-corrected chi connectivity index (χ0v) is 26.6. The Bertz CT molecular complexity index is 1050. The van der Waals surface area contributed by atoms with Crippen LogP contribution in [0.15, 0.2) is 12.1 Å². The maximum atomic E-state index is 14.1. The minimum absolute atomic E-state index is 0.0124. The Morgan fingerprint density at radius 2 is 1.88 bits per heavy atom. The lowest BCUT2D eigenvalue weighted by atomic mass is 9.74. The van der Waals surface area contributed by atoms with Gasteiger partial charge in [-0.05, 0) is 69.5 Å². The molecular formula is C32H52F3N5O3. The minimum Gasteiger partial charge on any atom is -0.379 e. The summed E-state index contributed by atoms with van der Waals surface area (Å²) in [5.41, 5.74) is -0.634. The summed E-state index contributed by atoms with van der Waals surface area (Å²) in [7, 11) is 1.71. The maximum absolute atomic E-state index is 14.1. The third kappa shape index (κ3) is 8.61. The predicted octanol–water partition coefficient (Wildman–Crippen LogP) is 4.66. The summed E-state index contributed by atoms with van der Waals surface area (Å²) in [4.78, 5) is 22.6. The van der Waals surface area contributed by atoms with Gasteiger partial charge in [-0.3, -0.25) is 4.79 Å². The second-order valence-electron chi connectivity index (χ2n) is 13.2. The number of pyridine rings is 1. The third-order valence-corrected chi connectivity index (χ3v) is 9.63. The number of unbranched alkanes of at least 4 members (excludes halogenated alkanes) is 1. The Morgan fingerprint density at radius 3 is 2.53 bits per heavy atom. The van der Waals surface area contributed by atoms with Gasteiger partial charge in [0.1, 0.15) is 5.82 Å². The van der Waals surface area contributed by atoms with Gasteiger partial charge < -0.3 is 29.9 Å². The normalized spacial score (nSPS) is 27.0. The first-order chi connectivity index (χ1) is 20.4. The van der Waals surface area contributed by atoms with Gasteiger partial charge in [-0.15, -0.1) is 0 Å². The largest absolute Gasteiger partial charge is 0.416 e. The lowest BCUT2D eigenvalue weighted by molar-refractivity contribution is -0.145. The van der Waals surface area contributed by atoms with Crippen molar-refractivity contribution in [2.24, 2.45) is 11.3 Å². The Kier molecular flexibility index (Phi) is 11.7. The molecule has 3 aliphatic rings. The number of piperazine rings is 1. The fourth-order valence-electron chi connectivity index (χ4n) is 6.92. The number of ether oxygens (including phenoxy) is 2. The number of hydrogen-bond donors (Lipinski definition) is 2.